The van der Waals surface area contributed by atoms with Crippen molar-refractivity contribution in [1.82, 2.24) is 24.6 Å². The van der Waals surface area contributed by atoms with Gasteiger partial charge in [-0.05, 0) is 38.5 Å². The fraction of sp³-hybridized carbons (Fsp3) is 0.367. The number of hydrogen-bond acceptors (Lipinski definition) is 7. The SMILES string of the molecule is C=CC(=O)N1C[C@H](C)N(c2nc(N3CC(C(N)=O)C3)nc3c(F)c(-c4c(C)ccc5cnn(C)c45)c(Cl)cc23)C[C@H]1C. The Balaban J connectivity index is 1.56. The molecule has 2 amide bonds. The number of fused-ring (bicyclic) bond motifs is 2. The summed E-state index contributed by atoms with van der Waals surface area (Å²) >= 11 is 6.92. The summed E-state index contributed by atoms with van der Waals surface area (Å²) < 4.78 is 18.6. The van der Waals surface area contributed by atoms with Gasteiger partial charge in [0.15, 0.2) is 5.82 Å². The second-order valence-corrected chi connectivity index (χ2v) is 11.7. The predicted octanol–water partition coefficient (Wildman–Crippen LogP) is 3.82. The smallest absolute Gasteiger partial charge is 0.246 e. The van der Waals surface area contributed by atoms with Gasteiger partial charge in [0.05, 0.1) is 22.7 Å². The van der Waals surface area contributed by atoms with Crippen LogP contribution in [-0.4, -0.2) is 74.7 Å². The van der Waals surface area contributed by atoms with Crippen molar-refractivity contribution >= 4 is 57.0 Å². The van der Waals surface area contributed by atoms with Crippen molar-refractivity contribution in [1.29, 1.82) is 0 Å². The van der Waals surface area contributed by atoms with Gasteiger partial charge in [-0.1, -0.05) is 30.3 Å². The summed E-state index contributed by atoms with van der Waals surface area (Å²) in [5.41, 5.74) is 8.14. The molecule has 2 fully saturated rings. The zero-order valence-electron chi connectivity index (χ0n) is 23.9. The van der Waals surface area contributed by atoms with Crippen LogP contribution in [0.3, 0.4) is 0 Å². The lowest BCUT2D eigenvalue weighted by molar-refractivity contribution is -0.128. The van der Waals surface area contributed by atoms with Crippen LogP contribution in [0.25, 0.3) is 32.9 Å². The van der Waals surface area contributed by atoms with E-state index in [1.165, 1.54) is 6.08 Å². The maximum Gasteiger partial charge on any atom is 0.246 e. The molecule has 0 bridgehead atoms. The van der Waals surface area contributed by atoms with Crippen LogP contribution in [0.15, 0.2) is 37.1 Å². The zero-order valence-corrected chi connectivity index (χ0v) is 24.7. The Morgan fingerprint density at radius 1 is 1.12 bits per heavy atom. The van der Waals surface area contributed by atoms with Crippen molar-refractivity contribution in [3.63, 3.8) is 0 Å². The van der Waals surface area contributed by atoms with Gasteiger partial charge in [0.2, 0.25) is 17.8 Å². The molecule has 42 heavy (non-hydrogen) atoms. The highest BCUT2D eigenvalue weighted by molar-refractivity contribution is 6.35. The predicted molar refractivity (Wildman–Crippen MR) is 162 cm³/mol. The van der Waals surface area contributed by atoms with E-state index in [0.29, 0.717) is 48.9 Å². The van der Waals surface area contributed by atoms with E-state index >= 15 is 4.39 Å². The van der Waals surface area contributed by atoms with Crippen molar-refractivity contribution < 1.29 is 14.0 Å². The van der Waals surface area contributed by atoms with Crippen molar-refractivity contribution in [3.05, 3.63) is 53.5 Å². The standard InChI is InChI=1S/C30H32ClFN8O2/c1-6-22(41)39-11-17(4)40(12-16(39)3)29-20-9-21(31)24(23-15(2)7-8-18-10-34-37(5)27(18)23)25(32)26(20)35-30(36-29)38-13-19(14-38)28(33)42/h6-10,16-17,19H,1,11-14H2,2-5H3,(H2,33,42)/t16-,17+/m1/s1. The summed E-state index contributed by atoms with van der Waals surface area (Å²) in [5.74, 6) is -0.591. The summed E-state index contributed by atoms with van der Waals surface area (Å²) in [5, 5.41) is 5.94. The maximum atomic E-state index is 16.9. The molecule has 2 N–H and O–H groups in total. The van der Waals surface area contributed by atoms with Crippen LogP contribution < -0.4 is 15.5 Å². The van der Waals surface area contributed by atoms with Crippen LogP contribution >= 0.6 is 11.6 Å². The van der Waals surface area contributed by atoms with E-state index in [1.807, 2.05) is 44.9 Å². The number of piperazine rings is 1. The van der Waals surface area contributed by atoms with Crippen LogP contribution in [0, 0.1) is 18.7 Å². The third-order valence-corrected chi connectivity index (χ3v) is 8.79. The highest BCUT2D eigenvalue weighted by Crippen LogP contribution is 2.43. The van der Waals surface area contributed by atoms with Gasteiger partial charge < -0.3 is 20.4 Å². The Hall–Kier alpha value is -4.25. The highest BCUT2D eigenvalue weighted by atomic mass is 35.5. The first-order valence-corrected chi connectivity index (χ1v) is 14.2. The maximum absolute atomic E-state index is 16.9. The lowest BCUT2D eigenvalue weighted by atomic mass is 9.95. The Kier molecular flexibility index (Phi) is 6.80. The Morgan fingerprint density at radius 2 is 1.86 bits per heavy atom. The number of halogens is 2. The van der Waals surface area contributed by atoms with E-state index < -0.39 is 11.7 Å². The molecular formula is C30H32ClFN8O2. The number of nitrogens with zero attached hydrogens (tertiary/aromatic N) is 7. The Labute approximate surface area is 247 Å². The van der Waals surface area contributed by atoms with Gasteiger partial charge in [-0.3, -0.25) is 14.3 Å². The molecule has 2 aromatic carbocycles. The molecule has 0 unspecified atom stereocenters. The highest BCUT2D eigenvalue weighted by Gasteiger charge is 2.37. The molecule has 4 aromatic rings. The molecule has 2 atom stereocenters. The summed E-state index contributed by atoms with van der Waals surface area (Å²) in [7, 11) is 1.81. The number of primary amides is 1. The number of carbonyl (C=O) groups is 2. The molecule has 0 radical (unpaired) electrons. The van der Waals surface area contributed by atoms with E-state index in [2.05, 4.69) is 16.6 Å². The topological polar surface area (TPSA) is 113 Å². The van der Waals surface area contributed by atoms with Gasteiger partial charge in [0.1, 0.15) is 11.3 Å². The van der Waals surface area contributed by atoms with Crippen molar-refractivity contribution in [3.8, 4) is 11.1 Å². The molecule has 4 heterocycles. The number of aryl methyl sites for hydroxylation is 2. The Morgan fingerprint density at radius 3 is 2.55 bits per heavy atom. The number of nitrogens with two attached hydrogens (primary N) is 1. The molecule has 2 saturated heterocycles. The zero-order chi connectivity index (χ0) is 30.0. The monoisotopic (exact) mass is 590 g/mol. The first kappa shape index (κ1) is 27.9. The molecule has 0 aliphatic carbocycles. The minimum atomic E-state index is -0.563. The van der Waals surface area contributed by atoms with Gasteiger partial charge in [-0.15, -0.1) is 0 Å². The summed E-state index contributed by atoms with van der Waals surface area (Å²) in [6.07, 6.45) is 3.05. The fourth-order valence-electron chi connectivity index (χ4n) is 6.11. The van der Waals surface area contributed by atoms with Crippen molar-refractivity contribution in [2.75, 3.05) is 36.0 Å². The molecule has 0 spiro atoms. The van der Waals surface area contributed by atoms with Crippen LogP contribution in [0.5, 0.6) is 0 Å². The van der Waals surface area contributed by atoms with E-state index in [9.17, 15) is 9.59 Å². The molecule has 10 nitrogen and oxygen atoms in total. The van der Waals surface area contributed by atoms with E-state index in [1.54, 1.807) is 21.8 Å². The molecule has 6 rings (SSSR count). The molecular weight excluding hydrogens is 559 g/mol. The minimum absolute atomic E-state index is 0.125. The summed E-state index contributed by atoms with van der Waals surface area (Å²) in [6, 6.07) is 5.31. The minimum Gasteiger partial charge on any atom is -0.369 e. The van der Waals surface area contributed by atoms with Crippen LogP contribution in [-0.2, 0) is 16.6 Å². The normalized spacial score (nSPS) is 19.4. The number of hydrogen-bond donors (Lipinski definition) is 1. The fourth-order valence-corrected chi connectivity index (χ4v) is 6.40. The Bertz CT molecular complexity index is 1780. The number of aromatic nitrogens is 4. The molecule has 2 aliphatic heterocycles. The average molecular weight is 591 g/mol. The molecule has 2 aromatic heterocycles. The van der Waals surface area contributed by atoms with E-state index in [0.717, 1.165) is 16.5 Å². The van der Waals surface area contributed by atoms with E-state index in [-0.39, 0.29) is 40.0 Å². The van der Waals surface area contributed by atoms with Crippen LogP contribution in [0.1, 0.15) is 19.4 Å². The van der Waals surface area contributed by atoms with E-state index in [4.69, 9.17) is 27.3 Å². The summed E-state index contributed by atoms with van der Waals surface area (Å²) in [6.45, 7) is 11.1. The number of benzene rings is 2. The van der Waals surface area contributed by atoms with Gasteiger partial charge in [0, 0.05) is 67.2 Å². The van der Waals surface area contributed by atoms with Gasteiger partial charge >= 0.3 is 0 Å². The number of amides is 2. The molecule has 12 heteroatoms. The average Bonchev–Trinajstić information content (AvgIpc) is 3.30. The number of anilines is 2. The third-order valence-electron chi connectivity index (χ3n) is 8.49. The quantitative estimate of drug-likeness (QED) is 0.352. The molecule has 218 valence electrons. The second kappa shape index (κ2) is 10.2. The summed E-state index contributed by atoms with van der Waals surface area (Å²) in [4.78, 5) is 39.5. The van der Waals surface area contributed by atoms with Crippen molar-refractivity contribution in [2.24, 2.45) is 18.7 Å². The number of rotatable bonds is 5. The first-order chi connectivity index (χ1) is 20.0. The van der Waals surface area contributed by atoms with Gasteiger partial charge in [-0.25, -0.2) is 9.37 Å². The molecule has 2 aliphatic rings. The van der Waals surface area contributed by atoms with Crippen LogP contribution in [0.2, 0.25) is 5.02 Å². The third kappa shape index (κ3) is 4.34. The first-order valence-electron chi connectivity index (χ1n) is 13.9. The van der Waals surface area contributed by atoms with Crippen molar-refractivity contribution in [2.45, 2.75) is 32.9 Å². The van der Waals surface area contributed by atoms with Crippen LogP contribution in [0.4, 0.5) is 16.2 Å². The lowest BCUT2D eigenvalue weighted by Crippen LogP contribution is -2.58. The lowest BCUT2D eigenvalue weighted by Gasteiger charge is -2.45. The largest absolute Gasteiger partial charge is 0.369 e. The number of carbonyl (C=O) groups excluding carboxylic acids is 2. The second-order valence-electron chi connectivity index (χ2n) is 11.3. The van der Waals surface area contributed by atoms with Gasteiger partial charge in [-0.2, -0.15) is 10.1 Å². The van der Waals surface area contributed by atoms with Gasteiger partial charge in [0.25, 0.3) is 0 Å². The molecule has 0 saturated carbocycles.